The number of likely N-dealkylation sites (tertiary alicyclic amines) is 1. The first-order valence-corrected chi connectivity index (χ1v) is 7.13. The highest BCUT2D eigenvalue weighted by Crippen LogP contribution is 2.26. The number of hydrogen-bond donors (Lipinski definition) is 1. The Balaban J connectivity index is 1.82. The highest BCUT2D eigenvalue weighted by Gasteiger charge is 2.19. The smallest absolute Gasteiger partial charge is 0.251 e. The van der Waals surface area contributed by atoms with Gasteiger partial charge in [-0.2, -0.15) is 0 Å². The summed E-state index contributed by atoms with van der Waals surface area (Å²) in [4.78, 5) is 20.6. The van der Waals surface area contributed by atoms with Crippen LogP contribution in [0.1, 0.15) is 31.4 Å². The molecule has 1 aliphatic heterocycles. The fourth-order valence-electron chi connectivity index (χ4n) is 2.80. The highest BCUT2D eigenvalue weighted by molar-refractivity contribution is 5.58. The van der Waals surface area contributed by atoms with Gasteiger partial charge in [0.15, 0.2) is 0 Å². The molecule has 20 heavy (non-hydrogen) atoms. The van der Waals surface area contributed by atoms with Crippen molar-refractivity contribution in [3.63, 3.8) is 0 Å². The lowest BCUT2D eigenvalue weighted by Gasteiger charge is -2.24. The molecular formula is C16H19N3O. The SMILES string of the molecule is C[C@@H](c1ccc(-c2cc(=O)[nH]cn2)cc1)N1CCCC1. The maximum Gasteiger partial charge on any atom is 0.251 e. The van der Waals surface area contributed by atoms with Gasteiger partial charge < -0.3 is 4.98 Å². The largest absolute Gasteiger partial charge is 0.313 e. The van der Waals surface area contributed by atoms with E-state index in [1.54, 1.807) is 0 Å². The molecule has 1 atom stereocenters. The van der Waals surface area contributed by atoms with Crippen LogP contribution in [0.15, 0.2) is 41.5 Å². The van der Waals surface area contributed by atoms with Crippen LogP contribution in [0.25, 0.3) is 11.3 Å². The van der Waals surface area contributed by atoms with Gasteiger partial charge in [-0.25, -0.2) is 4.98 Å². The van der Waals surface area contributed by atoms with Gasteiger partial charge in [0.2, 0.25) is 0 Å². The topological polar surface area (TPSA) is 49.0 Å². The zero-order valence-corrected chi connectivity index (χ0v) is 11.7. The fourth-order valence-corrected chi connectivity index (χ4v) is 2.80. The van der Waals surface area contributed by atoms with Crippen molar-refractivity contribution in [2.75, 3.05) is 13.1 Å². The number of nitrogens with one attached hydrogen (secondary N) is 1. The minimum Gasteiger partial charge on any atom is -0.313 e. The summed E-state index contributed by atoms with van der Waals surface area (Å²) >= 11 is 0. The van der Waals surface area contributed by atoms with Crippen molar-refractivity contribution >= 4 is 0 Å². The van der Waals surface area contributed by atoms with Crippen LogP contribution in [0.4, 0.5) is 0 Å². The minimum absolute atomic E-state index is 0.121. The molecule has 0 spiro atoms. The maximum absolute atomic E-state index is 11.3. The lowest BCUT2D eigenvalue weighted by atomic mass is 10.0. The molecule has 1 N–H and O–H groups in total. The Morgan fingerprint density at radius 2 is 1.90 bits per heavy atom. The Hall–Kier alpha value is -1.94. The fraction of sp³-hybridized carbons (Fsp3) is 0.375. The third kappa shape index (κ3) is 2.65. The number of hydrogen-bond acceptors (Lipinski definition) is 3. The van der Waals surface area contributed by atoms with Gasteiger partial charge >= 0.3 is 0 Å². The van der Waals surface area contributed by atoms with Gasteiger partial charge in [0.1, 0.15) is 0 Å². The molecule has 1 aromatic carbocycles. The van der Waals surface area contributed by atoms with E-state index in [9.17, 15) is 4.79 Å². The van der Waals surface area contributed by atoms with Crippen molar-refractivity contribution in [3.05, 3.63) is 52.6 Å². The van der Waals surface area contributed by atoms with Crippen molar-refractivity contribution in [2.45, 2.75) is 25.8 Å². The average molecular weight is 269 g/mol. The molecule has 1 saturated heterocycles. The quantitative estimate of drug-likeness (QED) is 0.931. The third-order valence-corrected chi connectivity index (χ3v) is 4.06. The second-order valence-electron chi connectivity index (χ2n) is 5.34. The molecule has 0 bridgehead atoms. The number of rotatable bonds is 3. The number of aromatic nitrogens is 2. The Kier molecular flexibility index (Phi) is 3.65. The molecule has 2 aromatic rings. The molecule has 0 unspecified atom stereocenters. The Morgan fingerprint density at radius 1 is 1.20 bits per heavy atom. The van der Waals surface area contributed by atoms with E-state index in [0.717, 1.165) is 5.56 Å². The van der Waals surface area contributed by atoms with E-state index in [1.165, 1.54) is 43.9 Å². The van der Waals surface area contributed by atoms with Gasteiger partial charge in [-0.15, -0.1) is 0 Å². The van der Waals surface area contributed by atoms with Crippen LogP contribution in [0, 0.1) is 0 Å². The summed E-state index contributed by atoms with van der Waals surface area (Å²) in [6, 6.07) is 10.4. The standard InChI is InChI=1S/C16H19N3O/c1-12(19-8-2-3-9-19)13-4-6-14(7-5-13)15-10-16(20)18-11-17-15/h4-7,10-12H,2-3,8-9H2,1H3,(H,17,18,20)/t12-/m0/s1. The van der Waals surface area contributed by atoms with E-state index in [2.05, 4.69) is 33.9 Å². The molecule has 1 fully saturated rings. The number of nitrogens with zero attached hydrogens (tertiary/aromatic N) is 2. The summed E-state index contributed by atoms with van der Waals surface area (Å²) in [6.07, 6.45) is 4.05. The molecule has 0 amide bonds. The molecule has 104 valence electrons. The van der Waals surface area contributed by atoms with E-state index in [4.69, 9.17) is 0 Å². The van der Waals surface area contributed by atoms with Crippen molar-refractivity contribution < 1.29 is 0 Å². The van der Waals surface area contributed by atoms with E-state index in [-0.39, 0.29) is 5.56 Å². The molecule has 4 heteroatoms. The molecule has 3 rings (SSSR count). The highest BCUT2D eigenvalue weighted by atomic mass is 16.1. The molecule has 0 saturated carbocycles. The minimum atomic E-state index is -0.121. The van der Waals surface area contributed by atoms with Crippen LogP contribution in [0.3, 0.4) is 0 Å². The zero-order chi connectivity index (χ0) is 13.9. The number of aromatic amines is 1. The predicted molar refractivity (Wildman–Crippen MR) is 79.5 cm³/mol. The number of benzene rings is 1. The molecule has 1 aliphatic rings. The Morgan fingerprint density at radius 3 is 2.55 bits per heavy atom. The molecule has 0 radical (unpaired) electrons. The van der Waals surface area contributed by atoms with Gasteiger partial charge in [-0.1, -0.05) is 24.3 Å². The normalized spacial score (nSPS) is 17.2. The lowest BCUT2D eigenvalue weighted by molar-refractivity contribution is 0.263. The van der Waals surface area contributed by atoms with Crippen LogP contribution >= 0.6 is 0 Å². The lowest BCUT2D eigenvalue weighted by Crippen LogP contribution is -2.23. The second-order valence-corrected chi connectivity index (χ2v) is 5.34. The van der Waals surface area contributed by atoms with Crippen molar-refractivity contribution in [1.29, 1.82) is 0 Å². The summed E-state index contributed by atoms with van der Waals surface area (Å²) in [7, 11) is 0. The number of H-pyrrole nitrogens is 1. The van der Waals surface area contributed by atoms with Gasteiger partial charge in [-0.3, -0.25) is 9.69 Å². The first-order valence-electron chi connectivity index (χ1n) is 7.13. The summed E-state index contributed by atoms with van der Waals surface area (Å²) in [6.45, 7) is 4.64. The second kappa shape index (κ2) is 5.59. The van der Waals surface area contributed by atoms with E-state index >= 15 is 0 Å². The van der Waals surface area contributed by atoms with E-state index in [0.29, 0.717) is 11.7 Å². The molecular weight excluding hydrogens is 250 g/mol. The van der Waals surface area contributed by atoms with Crippen LogP contribution in [-0.2, 0) is 0 Å². The Bertz CT molecular complexity index is 627. The van der Waals surface area contributed by atoms with Crippen LogP contribution in [-0.4, -0.2) is 28.0 Å². The predicted octanol–water partition coefficient (Wildman–Crippen LogP) is 2.59. The van der Waals surface area contributed by atoms with Crippen molar-refractivity contribution in [1.82, 2.24) is 14.9 Å². The van der Waals surface area contributed by atoms with Gasteiger partial charge in [0, 0.05) is 17.7 Å². The molecule has 0 aliphatic carbocycles. The van der Waals surface area contributed by atoms with E-state index in [1.807, 2.05) is 12.1 Å². The first kappa shape index (κ1) is 13.1. The summed E-state index contributed by atoms with van der Waals surface area (Å²) in [5.41, 5.74) is 2.90. The molecule has 1 aromatic heterocycles. The summed E-state index contributed by atoms with van der Waals surface area (Å²) in [5, 5.41) is 0. The van der Waals surface area contributed by atoms with Gasteiger partial charge in [0.05, 0.1) is 12.0 Å². The Labute approximate surface area is 118 Å². The summed E-state index contributed by atoms with van der Waals surface area (Å²) in [5.74, 6) is 0. The molecule has 4 nitrogen and oxygen atoms in total. The van der Waals surface area contributed by atoms with Gasteiger partial charge in [0.25, 0.3) is 5.56 Å². The molecule has 2 heterocycles. The van der Waals surface area contributed by atoms with Crippen LogP contribution < -0.4 is 5.56 Å². The monoisotopic (exact) mass is 269 g/mol. The third-order valence-electron chi connectivity index (χ3n) is 4.06. The van der Waals surface area contributed by atoms with Gasteiger partial charge in [-0.05, 0) is 38.4 Å². The summed E-state index contributed by atoms with van der Waals surface area (Å²) < 4.78 is 0. The maximum atomic E-state index is 11.3. The van der Waals surface area contributed by atoms with Crippen molar-refractivity contribution in [3.8, 4) is 11.3 Å². The average Bonchev–Trinajstić information content (AvgIpc) is 3.01. The van der Waals surface area contributed by atoms with Crippen LogP contribution in [0.2, 0.25) is 0 Å². The zero-order valence-electron chi connectivity index (χ0n) is 11.7. The van der Waals surface area contributed by atoms with Crippen molar-refractivity contribution in [2.24, 2.45) is 0 Å². The van der Waals surface area contributed by atoms with Crippen LogP contribution in [0.5, 0.6) is 0 Å². The van der Waals surface area contributed by atoms with E-state index < -0.39 is 0 Å². The first-order chi connectivity index (χ1) is 9.74.